The molecule has 0 radical (unpaired) electrons. The minimum atomic E-state index is -0.271. The molecule has 2 N–H and O–H groups in total. The van der Waals surface area contributed by atoms with Crippen molar-refractivity contribution in [3.8, 4) is 5.75 Å². The van der Waals surface area contributed by atoms with Crippen molar-refractivity contribution in [3.05, 3.63) is 65.0 Å². The number of benzene rings is 2. The Labute approximate surface area is 112 Å². The van der Waals surface area contributed by atoms with Gasteiger partial charge in [0.05, 0.1) is 0 Å². The molecular formula is C16H16FNO. The summed E-state index contributed by atoms with van der Waals surface area (Å²) in [5.41, 5.74) is 9.23. The van der Waals surface area contributed by atoms with Crippen LogP contribution in [0, 0.1) is 12.7 Å². The monoisotopic (exact) mass is 257 g/mol. The lowest BCUT2D eigenvalue weighted by atomic mass is 9.92. The number of aryl methyl sites for hydroxylation is 1. The van der Waals surface area contributed by atoms with Gasteiger partial charge in [-0.3, -0.25) is 0 Å². The molecule has 3 rings (SSSR count). The molecule has 0 fully saturated rings. The molecule has 0 aliphatic carbocycles. The fourth-order valence-corrected chi connectivity index (χ4v) is 2.61. The van der Waals surface area contributed by atoms with E-state index in [1.807, 2.05) is 12.1 Å². The van der Waals surface area contributed by atoms with Gasteiger partial charge in [0.15, 0.2) is 0 Å². The zero-order valence-electron chi connectivity index (χ0n) is 10.8. The first kappa shape index (κ1) is 12.2. The van der Waals surface area contributed by atoms with Crippen molar-refractivity contribution >= 4 is 0 Å². The van der Waals surface area contributed by atoms with Gasteiger partial charge in [-0.15, -0.1) is 0 Å². The van der Waals surface area contributed by atoms with Crippen LogP contribution in [0.1, 0.15) is 35.3 Å². The van der Waals surface area contributed by atoms with Crippen LogP contribution in [0.15, 0.2) is 42.5 Å². The predicted molar refractivity (Wildman–Crippen MR) is 72.5 cm³/mol. The van der Waals surface area contributed by atoms with Crippen molar-refractivity contribution in [1.29, 1.82) is 0 Å². The summed E-state index contributed by atoms with van der Waals surface area (Å²) in [5.74, 6) is 0.417. The third-order valence-electron chi connectivity index (χ3n) is 3.64. The second kappa shape index (κ2) is 4.67. The van der Waals surface area contributed by atoms with Gasteiger partial charge in [-0.05, 0) is 36.2 Å². The molecule has 0 aromatic heterocycles. The lowest BCUT2D eigenvalue weighted by molar-refractivity contribution is 0.160. The Kier molecular flexibility index (Phi) is 2.99. The number of fused-ring (bicyclic) bond motifs is 1. The van der Waals surface area contributed by atoms with E-state index in [0.29, 0.717) is 12.2 Å². The topological polar surface area (TPSA) is 35.2 Å². The molecule has 19 heavy (non-hydrogen) atoms. The van der Waals surface area contributed by atoms with Crippen molar-refractivity contribution in [2.24, 2.45) is 5.73 Å². The Morgan fingerprint density at radius 2 is 1.95 bits per heavy atom. The summed E-state index contributed by atoms with van der Waals surface area (Å²) in [7, 11) is 0. The van der Waals surface area contributed by atoms with Gasteiger partial charge >= 0.3 is 0 Å². The molecule has 2 aromatic rings. The third-order valence-corrected chi connectivity index (χ3v) is 3.64. The number of ether oxygens (including phenoxy) is 1. The number of rotatable bonds is 1. The van der Waals surface area contributed by atoms with E-state index in [0.717, 1.165) is 11.1 Å². The van der Waals surface area contributed by atoms with Gasteiger partial charge in [-0.25, -0.2) is 4.39 Å². The highest BCUT2D eigenvalue weighted by Crippen LogP contribution is 2.40. The number of hydrogen-bond acceptors (Lipinski definition) is 2. The Bertz CT molecular complexity index is 611. The average molecular weight is 257 g/mol. The molecule has 3 heteroatoms. The predicted octanol–water partition coefficient (Wildman–Crippen LogP) is 3.66. The Hall–Kier alpha value is -1.87. The van der Waals surface area contributed by atoms with Crippen molar-refractivity contribution in [2.45, 2.75) is 25.5 Å². The fraction of sp³-hybridized carbons (Fsp3) is 0.250. The summed E-state index contributed by atoms with van der Waals surface area (Å²) in [6.45, 7) is 2.06. The standard InChI is InChI=1S/C16H16FNO/c1-10-4-2-3-5-12(10)16-9-14(18)13-8-11(17)6-7-15(13)19-16/h2-8,14,16H,9,18H2,1H3/t14-,16?/m1/s1. The Morgan fingerprint density at radius 3 is 2.74 bits per heavy atom. The van der Waals surface area contributed by atoms with Crippen LogP contribution in [0.5, 0.6) is 5.75 Å². The van der Waals surface area contributed by atoms with Crippen LogP contribution >= 0.6 is 0 Å². The zero-order chi connectivity index (χ0) is 13.4. The van der Waals surface area contributed by atoms with Crippen molar-refractivity contribution < 1.29 is 9.13 Å². The summed E-state index contributed by atoms with van der Waals surface area (Å²) >= 11 is 0. The minimum absolute atomic E-state index is 0.0610. The molecule has 1 aliphatic rings. The lowest BCUT2D eigenvalue weighted by Gasteiger charge is -2.31. The van der Waals surface area contributed by atoms with Gasteiger partial charge in [0, 0.05) is 18.0 Å². The normalized spacial score (nSPS) is 21.6. The van der Waals surface area contributed by atoms with Gasteiger partial charge < -0.3 is 10.5 Å². The van der Waals surface area contributed by atoms with E-state index in [9.17, 15) is 4.39 Å². The first-order valence-electron chi connectivity index (χ1n) is 6.42. The van der Waals surface area contributed by atoms with E-state index in [1.54, 1.807) is 6.07 Å². The summed E-state index contributed by atoms with van der Waals surface area (Å²) in [4.78, 5) is 0. The molecule has 0 bridgehead atoms. The quantitative estimate of drug-likeness (QED) is 0.846. The van der Waals surface area contributed by atoms with E-state index in [1.165, 1.54) is 17.7 Å². The van der Waals surface area contributed by atoms with Gasteiger partial charge in [0.1, 0.15) is 17.7 Å². The molecule has 2 nitrogen and oxygen atoms in total. The number of hydrogen-bond donors (Lipinski definition) is 1. The van der Waals surface area contributed by atoms with E-state index >= 15 is 0 Å². The highest BCUT2D eigenvalue weighted by atomic mass is 19.1. The maximum Gasteiger partial charge on any atom is 0.126 e. The number of nitrogens with two attached hydrogens (primary N) is 1. The van der Waals surface area contributed by atoms with Crippen LogP contribution in [-0.4, -0.2) is 0 Å². The maximum absolute atomic E-state index is 13.2. The lowest BCUT2D eigenvalue weighted by Crippen LogP contribution is -2.24. The average Bonchev–Trinajstić information content (AvgIpc) is 2.40. The van der Waals surface area contributed by atoms with Gasteiger partial charge in [-0.2, -0.15) is 0 Å². The van der Waals surface area contributed by atoms with Crippen LogP contribution in [0.3, 0.4) is 0 Å². The van der Waals surface area contributed by atoms with E-state index in [-0.39, 0.29) is 18.0 Å². The maximum atomic E-state index is 13.2. The second-order valence-corrected chi connectivity index (χ2v) is 4.99. The van der Waals surface area contributed by atoms with E-state index in [2.05, 4.69) is 19.1 Å². The van der Waals surface area contributed by atoms with Crippen molar-refractivity contribution in [1.82, 2.24) is 0 Å². The highest BCUT2D eigenvalue weighted by Gasteiger charge is 2.28. The molecule has 0 spiro atoms. The first-order valence-corrected chi connectivity index (χ1v) is 6.42. The summed E-state index contributed by atoms with van der Waals surface area (Å²) < 4.78 is 19.2. The van der Waals surface area contributed by atoms with E-state index < -0.39 is 0 Å². The van der Waals surface area contributed by atoms with Gasteiger partial charge in [0.25, 0.3) is 0 Å². The smallest absolute Gasteiger partial charge is 0.126 e. The molecular weight excluding hydrogens is 241 g/mol. The summed E-state index contributed by atoms with van der Waals surface area (Å²) in [6.07, 6.45) is 0.607. The molecule has 98 valence electrons. The molecule has 0 saturated heterocycles. The van der Waals surface area contributed by atoms with Crippen LogP contribution in [0.4, 0.5) is 4.39 Å². The highest BCUT2D eigenvalue weighted by molar-refractivity contribution is 5.40. The summed E-state index contributed by atoms with van der Waals surface area (Å²) in [6, 6.07) is 12.5. The van der Waals surface area contributed by atoms with Gasteiger partial charge in [-0.1, -0.05) is 24.3 Å². The van der Waals surface area contributed by atoms with Crippen LogP contribution < -0.4 is 10.5 Å². The van der Waals surface area contributed by atoms with Crippen LogP contribution in [0.2, 0.25) is 0 Å². The van der Waals surface area contributed by atoms with Gasteiger partial charge in [0.2, 0.25) is 0 Å². The second-order valence-electron chi connectivity index (χ2n) is 4.99. The van der Waals surface area contributed by atoms with E-state index in [4.69, 9.17) is 10.5 Å². The molecule has 1 aliphatic heterocycles. The molecule has 0 amide bonds. The molecule has 1 heterocycles. The molecule has 2 aromatic carbocycles. The third kappa shape index (κ3) is 2.22. The first-order chi connectivity index (χ1) is 9.15. The van der Waals surface area contributed by atoms with Crippen LogP contribution in [0.25, 0.3) is 0 Å². The van der Waals surface area contributed by atoms with Crippen molar-refractivity contribution in [2.75, 3.05) is 0 Å². The molecule has 0 saturated carbocycles. The van der Waals surface area contributed by atoms with Crippen LogP contribution in [-0.2, 0) is 0 Å². The SMILES string of the molecule is Cc1ccccc1C1C[C@@H](N)c2cc(F)ccc2O1. The minimum Gasteiger partial charge on any atom is -0.485 e. The fourth-order valence-electron chi connectivity index (χ4n) is 2.61. The molecule has 1 unspecified atom stereocenters. The Balaban J connectivity index is 1.97. The number of halogens is 1. The zero-order valence-corrected chi connectivity index (χ0v) is 10.8. The summed E-state index contributed by atoms with van der Waals surface area (Å²) in [5, 5.41) is 0. The Morgan fingerprint density at radius 1 is 1.16 bits per heavy atom. The largest absolute Gasteiger partial charge is 0.485 e. The molecule has 2 atom stereocenters. The van der Waals surface area contributed by atoms with Crippen molar-refractivity contribution in [3.63, 3.8) is 0 Å².